The van der Waals surface area contributed by atoms with Crippen molar-refractivity contribution in [1.29, 1.82) is 0 Å². The normalized spacial score (nSPS) is 75.3. The summed E-state index contributed by atoms with van der Waals surface area (Å²) in [7, 11) is 0. The first kappa shape index (κ1) is 7.66. The number of nitrogens with two attached hydrogens (primary N) is 1. The molecule has 3 N–H and O–H groups in total. The predicted octanol–water partition coefficient (Wildman–Crippen LogP) is 0.546. The van der Waals surface area contributed by atoms with Crippen molar-refractivity contribution in [1.82, 2.24) is 0 Å². The summed E-state index contributed by atoms with van der Waals surface area (Å²) >= 11 is 0. The Labute approximate surface area is 88.0 Å². The molecule has 80 valence electrons. The van der Waals surface area contributed by atoms with Crippen molar-refractivity contribution in [2.24, 2.45) is 53.1 Å². The molecule has 5 aliphatic rings. The Morgan fingerprint density at radius 2 is 1.73 bits per heavy atom. The van der Waals surface area contributed by atoms with E-state index in [1.165, 1.54) is 12.8 Å². The van der Waals surface area contributed by atoms with Crippen molar-refractivity contribution in [3.8, 4) is 0 Å². The molecule has 3 nitrogen and oxygen atoms in total. The molecule has 0 heterocycles. The van der Waals surface area contributed by atoms with E-state index in [1.807, 2.05) is 0 Å². The van der Waals surface area contributed by atoms with E-state index in [1.54, 1.807) is 0 Å². The van der Waals surface area contributed by atoms with Gasteiger partial charge in [0.2, 0.25) is 0 Å². The molecule has 5 aliphatic carbocycles. The number of carboxylic acids is 1. The minimum absolute atomic E-state index is 0.338. The molecule has 0 spiro atoms. The van der Waals surface area contributed by atoms with Crippen molar-refractivity contribution in [3.63, 3.8) is 0 Å². The highest BCUT2D eigenvalue weighted by Crippen LogP contribution is 2.84. The van der Waals surface area contributed by atoms with Crippen LogP contribution in [0, 0.1) is 47.3 Å². The quantitative estimate of drug-likeness (QED) is 0.657. The standard InChI is InChI=1S/C12H15NO2/c13-12(11(14)15)9-4-2-5-7-3(4)1-6(9)8(7)10(5)12/h3-10H,1-2,13H2,(H,14,15)/t3-,4-,5+,6-,7-,8-,9-,10+,12-/m1/s1. The fourth-order valence-electron chi connectivity index (χ4n) is 6.95. The maximum atomic E-state index is 11.5. The molecule has 0 amide bonds. The monoisotopic (exact) mass is 205 g/mol. The van der Waals surface area contributed by atoms with E-state index in [4.69, 9.17) is 5.73 Å². The van der Waals surface area contributed by atoms with Crippen LogP contribution in [0.3, 0.4) is 0 Å². The summed E-state index contributed by atoms with van der Waals surface area (Å²) in [5.74, 6) is 4.52. The minimum Gasteiger partial charge on any atom is -0.480 e. The lowest BCUT2D eigenvalue weighted by atomic mass is 9.55. The number of hydrogen-bond donors (Lipinski definition) is 2. The topological polar surface area (TPSA) is 63.3 Å². The SMILES string of the molecule is N[C@]1(C(=O)O)[C@@H]2[C@@H]3C[C@H]4[C@H]5[C@@H]3C[C@@H]2[C@H]5[C@H]41. The zero-order valence-corrected chi connectivity index (χ0v) is 8.47. The van der Waals surface area contributed by atoms with E-state index in [9.17, 15) is 9.90 Å². The third kappa shape index (κ3) is 0.465. The van der Waals surface area contributed by atoms with Crippen LogP contribution in [-0.4, -0.2) is 16.6 Å². The van der Waals surface area contributed by atoms with Crippen LogP contribution in [0.2, 0.25) is 0 Å². The van der Waals surface area contributed by atoms with Crippen LogP contribution >= 0.6 is 0 Å². The third-order valence-electron chi connectivity index (χ3n) is 6.84. The lowest BCUT2D eigenvalue weighted by Crippen LogP contribution is -2.64. The van der Waals surface area contributed by atoms with Crippen LogP contribution in [0.5, 0.6) is 0 Å². The van der Waals surface area contributed by atoms with Crippen LogP contribution in [0.1, 0.15) is 12.8 Å². The Bertz CT molecular complexity index is 402. The van der Waals surface area contributed by atoms with Crippen molar-refractivity contribution >= 4 is 5.97 Å². The molecule has 5 fully saturated rings. The molecule has 9 atom stereocenters. The number of fused-ring (bicyclic) bond motifs is 2. The van der Waals surface area contributed by atoms with E-state index in [0.717, 1.165) is 11.8 Å². The Morgan fingerprint density at radius 3 is 2.47 bits per heavy atom. The summed E-state index contributed by atoms with van der Waals surface area (Å²) in [5.41, 5.74) is 5.48. The van der Waals surface area contributed by atoms with Gasteiger partial charge < -0.3 is 10.8 Å². The largest absolute Gasteiger partial charge is 0.480 e. The zero-order valence-electron chi connectivity index (χ0n) is 8.47. The van der Waals surface area contributed by atoms with Crippen molar-refractivity contribution in [2.45, 2.75) is 18.4 Å². The average Bonchev–Trinajstić information content (AvgIpc) is 2.62. The molecular weight excluding hydrogens is 190 g/mol. The number of rotatable bonds is 1. The van der Waals surface area contributed by atoms with Gasteiger partial charge in [-0.2, -0.15) is 0 Å². The van der Waals surface area contributed by atoms with Gasteiger partial charge in [0.05, 0.1) is 0 Å². The second kappa shape index (κ2) is 1.75. The Kier molecular flexibility index (Phi) is 0.894. The summed E-state index contributed by atoms with van der Waals surface area (Å²) in [6.45, 7) is 0. The van der Waals surface area contributed by atoms with E-state index in [2.05, 4.69) is 0 Å². The van der Waals surface area contributed by atoms with Crippen molar-refractivity contribution in [2.75, 3.05) is 0 Å². The summed E-state index contributed by atoms with van der Waals surface area (Å²) in [4.78, 5) is 11.5. The summed E-state index contributed by atoms with van der Waals surface area (Å²) in [5, 5.41) is 9.46. The molecule has 5 saturated carbocycles. The second-order valence-corrected chi connectivity index (χ2v) is 6.57. The third-order valence-corrected chi connectivity index (χ3v) is 6.84. The number of carboxylic acid groups (broad SMARTS) is 1. The lowest BCUT2D eigenvalue weighted by Gasteiger charge is -2.50. The van der Waals surface area contributed by atoms with Crippen LogP contribution in [0.25, 0.3) is 0 Å². The van der Waals surface area contributed by atoms with Gasteiger partial charge in [-0.1, -0.05) is 0 Å². The van der Waals surface area contributed by atoms with Gasteiger partial charge >= 0.3 is 5.97 Å². The fourth-order valence-corrected chi connectivity index (χ4v) is 6.95. The van der Waals surface area contributed by atoms with E-state index >= 15 is 0 Å². The van der Waals surface area contributed by atoms with E-state index < -0.39 is 11.5 Å². The number of hydrogen-bond acceptors (Lipinski definition) is 2. The molecule has 0 radical (unpaired) electrons. The van der Waals surface area contributed by atoms with Gasteiger partial charge in [0.1, 0.15) is 5.54 Å². The molecule has 15 heavy (non-hydrogen) atoms. The highest BCUT2D eigenvalue weighted by atomic mass is 16.4. The van der Waals surface area contributed by atoms with E-state index in [-0.39, 0.29) is 0 Å². The van der Waals surface area contributed by atoms with Gasteiger partial charge in [-0.05, 0) is 60.2 Å². The number of aliphatic carboxylic acids is 1. The first-order valence-electron chi connectivity index (χ1n) is 6.18. The molecule has 0 aliphatic heterocycles. The van der Waals surface area contributed by atoms with Crippen molar-refractivity contribution < 1.29 is 9.90 Å². The maximum Gasteiger partial charge on any atom is 0.324 e. The highest BCUT2D eigenvalue weighted by molar-refractivity contribution is 5.82. The van der Waals surface area contributed by atoms with Crippen molar-refractivity contribution in [3.05, 3.63) is 0 Å². The van der Waals surface area contributed by atoms with Gasteiger partial charge in [-0.25, -0.2) is 0 Å². The molecular formula is C12H15NO2. The average molecular weight is 205 g/mol. The molecule has 3 heteroatoms. The van der Waals surface area contributed by atoms with Gasteiger partial charge in [-0.15, -0.1) is 0 Å². The maximum absolute atomic E-state index is 11.5. The van der Waals surface area contributed by atoms with Gasteiger partial charge in [-0.3, -0.25) is 4.79 Å². The highest BCUT2D eigenvalue weighted by Gasteiger charge is 2.85. The molecule has 0 saturated heterocycles. The van der Waals surface area contributed by atoms with Gasteiger partial charge in [0.25, 0.3) is 0 Å². The van der Waals surface area contributed by atoms with Gasteiger partial charge in [0.15, 0.2) is 0 Å². The Balaban J connectivity index is 1.79. The molecule has 0 aromatic heterocycles. The number of carbonyl (C=O) groups is 1. The predicted molar refractivity (Wildman–Crippen MR) is 51.7 cm³/mol. The molecule has 2 bridgehead atoms. The molecule has 0 aromatic carbocycles. The summed E-state index contributed by atoms with van der Waals surface area (Å²) in [6, 6.07) is 0. The first-order valence-corrected chi connectivity index (χ1v) is 6.18. The first-order chi connectivity index (χ1) is 7.15. The van der Waals surface area contributed by atoms with Crippen LogP contribution in [0.15, 0.2) is 0 Å². The summed E-state index contributed by atoms with van der Waals surface area (Å²) in [6.07, 6.45) is 2.62. The molecule has 5 rings (SSSR count). The molecule has 0 unspecified atom stereocenters. The zero-order chi connectivity index (χ0) is 10.1. The van der Waals surface area contributed by atoms with Crippen LogP contribution in [0.4, 0.5) is 0 Å². The van der Waals surface area contributed by atoms with E-state index in [0.29, 0.717) is 35.5 Å². The van der Waals surface area contributed by atoms with Crippen LogP contribution in [-0.2, 0) is 4.79 Å². The lowest BCUT2D eigenvalue weighted by molar-refractivity contribution is -0.153. The molecule has 0 aromatic rings. The fraction of sp³-hybridized carbons (Fsp3) is 0.917. The van der Waals surface area contributed by atoms with Gasteiger partial charge in [0, 0.05) is 0 Å². The van der Waals surface area contributed by atoms with Crippen LogP contribution < -0.4 is 5.73 Å². The Morgan fingerprint density at radius 1 is 1.07 bits per heavy atom. The summed E-state index contributed by atoms with van der Waals surface area (Å²) < 4.78 is 0. The minimum atomic E-state index is -0.829. The Hall–Kier alpha value is -0.570. The smallest absolute Gasteiger partial charge is 0.324 e. The second-order valence-electron chi connectivity index (χ2n) is 6.57.